The summed E-state index contributed by atoms with van der Waals surface area (Å²) in [7, 11) is -0.613. The zero-order valence-corrected chi connectivity index (χ0v) is 27.6. The predicted octanol–water partition coefficient (Wildman–Crippen LogP) is 5.55. The Labute approximate surface area is 271 Å². The normalized spacial score (nSPS) is 23.1. The van der Waals surface area contributed by atoms with Crippen LogP contribution in [0.4, 0.5) is 11.4 Å². The molecule has 0 aliphatic heterocycles. The van der Waals surface area contributed by atoms with Crippen molar-refractivity contribution in [3.8, 4) is 11.5 Å². The van der Waals surface area contributed by atoms with Crippen LogP contribution in [0.15, 0.2) is 66.7 Å². The number of carbonyl (C=O) groups is 2. The second-order valence-electron chi connectivity index (χ2n) is 13.3. The van der Waals surface area contributed by atoms with Gasteiger partial charge in [0.2, 0.25) is 15.9 Å². The number of nitrogens with one attached hydrogen (secondary N) is 2. The number of nitrogens with zero attached hydrogens (tertiary/aromatic N) is 1. The van der Waals surface area contributed by atoms with E-state index in [-0.39, 0.29) is 16.9 Å². The van der Waals surface area contributed by atoms with Crippen molar-refractivity contribution in [1.82, 2.24) is 5.32 Å². The molecule has 3 aromatic carbocycles. The van der Waals surface area contributed by atoms with Gasteiger partial charge in [-0.1, -0.05) is 30.3 Å². The summed E-state index contributed by atoms with van der Waals surface area (Å²) in [4.78, 5) is 26.4. The Morgan fingerprint density at radius 2 is 1.50 bits per heavy atom. The number of para-hydroxylation sites is 1. The van der Waals surface area contributed by atoms with E-state index in [9.17, 15) is 18.0 Å². The summed E-state index contributed by atoms with van der Waals surface area (Å²) in [6.07, 6.45) is 9.41. The van der Waals surface area contributed by atoms with Crippen molar-refractivity contribution in [3.05, 3.63) is 83.4 Å². The number of sulfonamides is 1. The Morgan fingerprint density at radius 1 is 0.870 bits per heavy atom. The van der Waals surface area contributed by atoms with Gasteiger partial charge in [-0.3, -0.25) is 13.9 Å². The molecule has 10 heteroatoms. The minimum Gasteiger partial charge on any atom is -0.493 e. The van der Waals surface area contributed by atoms with E-state index in [4.69, 9.17) is 9.47 Å². The summed E-state index contributed by atoms with van der Waals surface area (Å²) in [6.45, 7) is -0.0531. The van der Waals surface area contributed by atoms with Crippen molar-refractivity contribution in [2.75, 3.05) is 43.2 Å². The van der Waals surface area contributed by atoms with Gasteiger partial charge in [-0.15, -0.1) is 0 Å². The molecule has 0 spiro atoms. The van der Waals surface area contributed by atoms with E-state index in [0.717, 1.165) is 33.9 Å². The number of rotatable bonds is 12. The first-order valence-electron chi connectivity index (χ1n) is 16.0. The van der Waals surface area contributed by atoms with Crippen LogP contribution in [0.1, 0.15) is 60.0 Å². The SMILES string of the molecule is COc1ccc(CCNC(=O)c2ccccc2NC(=O)CN(c2ccc(C34CC5CC(CC(C5)C3)C4)cc2)S(C)(=O)=O)cc1OC. The van der Waals surface area contributed by atoms with Crippen LogP contribution in [0.3, 0.4) is 0 Å². The van der Waals surface area contributed by atoms with Gasteiger partial charge in [0, 0.05) is 6.54 Å². The third-order valence-electron chi connectivity index (χ3n) is 10.1. The summed E-state index contributed by atoms with van der Waals surface area (Å²) in [5, 5.41) is 5.67. The fraction of sp³-hybridized carbons (Fsp3) is 0.444. The number of benzene rings is 3. The van der Waals surface area contributed by atoms with E-state index in [1.54, 1.807) is 38.5 Å². The first-order chi connectivity index (χ1) is 22.1. The van der Waals surface area contributed by atoms with Crippen LogP contribution in [0.5, 0.6) is 11.5 Å². The van der Waals surface area contributed by atoms with Crippen LogP contribution >= 0.6 is 0 Å². The zero-order chi connectivity index (χ0) is 32.5. The Bertz CT molecular complexity index is 1670. The van der Waals surface area contributed by atoms with Gasteiger partial charge in [0.05, 0.1) is 37.4 Å². The van der Waals surface area contributed by atoms with Crippen LogP contribution < -0.4 is 24.4 Å². The van der Waals surface area contributed by atoms with E-state index < -0.39 is 22.5 Å². The van der Waals surface area contributed by atoms with E-state index in [1.165, 1.54) is 44.1 Å². The van der Waals surface area contributed by atoms with E-state index >= 15 is 0 Å². The summed E-state index contributed by atoms with van der Waals surface area (Å²) >= 11 is 0. The fourth-order valence-corrected chi connectivity index (χ4v) is 9.26. The van der Waals surface area contributed by atoms with E-state index in [2.05, 4.69) is 22.8 Å². The lowest BCUT2D eigenvalue weighted by molar-refractivity contribution is -0.114. The average molecular weight is 646 g/mol. The molecule has 7 rings (SSSR count). The standard InChI is InChI=1S/C36H43N3O6S/c1-44-32-13-8-24(19-33(32)45-2)14-15-37-35(41)30-6-4-5-7-31(30)38-34(40)23-39(46(3,42)43)29-11-9-28(10-12-29)36-20-25-16-26(21-36)18-27(17-25)22-36/h4-13,19,25-27H,14-18,20-23H2,1-3H3,(H,37,41)(H,38,40). The van der Waals surface area contributed by atoms with E-state index in [0.29, 0.717) is 35.8 Å². The van der Waals surface area contributed by atoms with E-state index in [1.807, 2.05) is 30.3 Å². The summed E-state index contributed by atoms with van der Waals surface area (Å²) in [5.74, 6) is 2.78. The zero-order valence-electron chi connectivity index (χ0n) is 26.8. The lowest BCUT2D eigenvalue weighted by Crippen LogP contribution is -2.48. The molecule has 4 aliphatic rings. The van der Waals surface area contributed by atoms with Gasteiger partial charge in [0.1, 0.15) is 6.54 Å². The molecule has 0 unspecified atom stereocenters. The maximum absolute atomic E-state index is 13.3. The molecule has 4 aliphatic carbocycles. The largest absolute Gasteiger partial charge is 0.493 e. The number of ether oxygens (including phenoxy) is 2. The molecule has 0 atom stereocenters. The van der Waals surface area contributed by atoms with Gasteiger partial charge in [-0.05, 0) is 116 Å². The van der Waals surface area contributed by atoms with Crippen LogP contribution in [-0.2, 0) is 26.7 Å². The van der Waals surface area contributed by atoms with Gasteiger partial charge in [-0.25, -0.2) is 8.42 Å². The van der Waals surface area contributed by atoms with Gasteiger partial charge in [0.25, 0.3) is 5.91 Å². The third-order valence-corrected chi connectivity index (χ3v) is 11.2. The molecule has 4 bridgehead atoms. The molecule has 9 nitrogen and oxygen atoms in total. The Morgan fingerprint density at radius 3 is 2.11 bits per heavy atom. The monoisotopic (exact) mass is 645 g/mol. The molecule has 2 N–H and O–H groups in total. The van der Waals surface area contributed by atoms with Gasteiger partial charge in [0.15, 0.2) is 11.5 Å². The minimum atomic E-state index is -3.76. The van der Waals surface area contributed by atoms with Gasteiger partial charge >= 0.3 is 0 Å². The molecule has 0 saturated heterocycles. The molecule has 244 valence electrons. The van der Waals surface area contributed by atoms with Crippen LogP contribution in [-0.4, -0.2) is 53.8 Å². The quantitative estimate of drug-likeness (QED) is 0.267. The van der Waals surface area contributed by atoms with Crippen molar-refractivity contribution in [1.29, 1.82) is 0 Å². The van der Waals surface area contributed by atoms with Crippen molar-refractivity contribution < 1.29 is 27.5 Å². The van der Waals surface area contributed by atoms with Crippen LogP contribution in [0.25, 0.3) is 0 Å². The minimum absolute atomic E-state index is 0.201. The molecule has 2 amide bonds. The second kappa shape index (κ2) is 13.0. The summed E-state index contributed by atoms with van der Waals surface area (Å²) in [6, 6.07) is 20.1. The van der Waals surface area contributed by atoms with Crippen molar-refractivity contribution in [3.63, 3.8) is 0 Å². The highest BCUT2D eigenvalue weighted by molar-refractivity contribution is 7.92. The lowest BCUT2D eigenvalue weighted by atomic mass is 9.48. The van der Waals surface area contributed by atoms with Crippen molar-refractivity contribution in [2.24, 2.45) is 17.8 Å². The smallest absolute Gasteiger partial charge is 0.253 e. The maximum Gasteiger partial charge on any atom is 0.253 e. The molecular formula is C36H43N3O6S. The Kier molecular flexibility index (Phi) is 9.01. The first-order valence-corrected chi connectivity index (χ1v) is 17.9. The highest BCUT2D eigenvalue weighted by atomic mass is 32.2. The summed E-state index contributed by atoms with van der Waals surface area (Å²) in [5.41, 5.74) is 3.50. The third kappa shape index (κ3) is 6.72. The Hall–Kier alpha value is -4.05. The fourth-order valence-electron chi connectivity index (χ4n) is 8.41. The number of hydrogen-bond acceptors (Lipinski definition) is 6. The number of hydrogen-bond donors (Lipinski definition) is 2. The van der Waals surface area contributed by atoms with Crippen molar-refractivity contribution >= 4 is 33.2 Å². The topological polar surface area (TPSA) is 114 Å². The number of anilines is 2. The highest BCUT2D eigenvalue weighted by Crippen LogP contribution is 2.60. The maximum atomic E-state index is 13.3. The molecule has 0 aromatic heterocycles. The molecule has 3 aromatic rings. The number of carbonyl (C=O) groups excluding carboxylic acids is 2. The molecule has 0 heterocycles. The average Bonchev–Trinajstić information content (AvgIpc) is 3.02. The molecular weight excluding hydrogens is 602 g/mol. The lowest BCUT2D eigenvalue weighted by Gasteiger charge is -2.57. The molecule has 4 fully saturated rings. The Balaban J connectivity index is 1.10. The second-order valence-corrected chi connectivity index (χ2v) is 15.2. The van der Waals surface area contributed by atoms with Gasteiger partial charge < -0.3 is 20.1 Å². The first kappa shape index (κ1) is 31.9. The molecule has 4 saturated carbocycles. The molecule has 0 radical (unpaired) electrons. The number of methoxy groups -OCH3 is 2. The van der Waals surface area contributed by atoms with Gasteiger partial charge in [-0.2, -0.15) is 0 Å². The van der Waals surface area contributed by atoms with Crippen LogP contribution in [0.2, 0.25) is 0 Å². The number of amides is 2. The predicted molar refractivity (Wildman–Crippen MR) is 179 cm³/mol. The highest BCUT2D eigenvalue weighted by Gasteiger charge is 2.51. The molecule has 46 heavy (non-hydrogen) atoms. The summed E-state index contributed by atoms with van der Waals surface area (Å²) < 4.78 is 37.5. The van der Waals surface area contributed by atoms with Crippen molar-refractivity contribution in [2.45, 2.75) is 50.4 Å². The van der Waals surface area contributed by atoms with Crippen LogP contribution in [0, 0.1) is 17.8 Å².